The van der Waals surface area contributed by atoms with E-state index in [2.05, 4.69) is 16.9 Å². The first kappa shape index (κ1) is 12.9. The van der Waals surface area contributed by atoms with Crippen molar-refractivity contribution < 1.29 is 4.74 Å². The number of nitrogens with zero attached hydrogens (tertiary/aromatic N) is 2. The van der Waals surface area contributed by atoms with E-state index in [1.54, 1.807) is 0 Å². The van der Waals surface area contributed by atoms with Gasteiger partial charge in [0.05, 0.1) is 0 Å². The second-order valence-corrected chi connectivity index (χ2v) is 4.30. The molecule has 0 bridgehead atoms. The summed E-state index contributed by atoms with van der Waals surface area (Å²) in [6.45, 7) is 8.63. The molecule has 0 radical (unpaired) electrons. The van der Waals surface area contributed by atoms with Crippen LogP contribution in [0.3, 0.4) is 0 Å². The SMILES string of the molecule is CCCc1cc(N)nc(C(C)(C)OCC)n1. The molecule has 1 rings (SSSR count). The number of rotatable bonds is 5. The molecule has 1 aromatic rings. The number of nitrogen functional groups attached to an aromatic ring is 1. The second-order valence-electron chi connectivity index (χ2n) is 4.30. The van der Waals surface area contributed by atoms with E-state index in [0.29, 0.717) is 18.2 Å². The molecule has 2 N–H and O–H groups in total. The first-order chi connectivity index (χ1) is 7.49. The highest BCUT2D eigenvalue weighted by molar-refractivity contribution is 5.31. The summed E-state index contributed by atoms with van der Waals surface area (Å²) in [5, 5.41) is 0. The number of anilines is 1. The van der Waals surface area contributed by atoms with Crippen LogP contribution < -0.4 is 5.73 Å². The molecule has 0 amide bonds. The Kier molecular flexibility index (Phi) is 4.24. The fourth-order valence-corrected chi connectivity index (χ4v) is 1.60. The van der Waals surface area contributed by atoms with Gasteiger partial charge in [0, 0.05) is 18.4 Å². The molecule has 4 heteroatoms. The second kappa shape index (κ2) is 5.25. The van der Waals surface area contributed by atoms with Gasteiger partial charge in [0.15, 0.2) is 5.82 Å². The van der Waals surface area contributed by atoms with Gasteiger partial charge in [0.25, 0.3) is 0 Å². The van der Waals surface area contributed by atoms with Crippen molar-refractivity contribution in [2.45, 2.75) is 46.1 Å². The minimum Gasteiger partial charge on any atom is -0.384 e. The summed E-state index contributed by atoms with van der Waals surface area (Å²) in [6.07, 6.45) is 1.97. The molecule has 4 nitrogen and oxygen atoms in total. The molecule has 0 spiro atoms. The topological polar surface area (TPSA) is 61.0 Å². The maximum Gasteiger partial charge on any atom is 0.162 e. The number of aryl methyl sites for hydroxylation is 1. The van der Waals surface area contributed by atoms with Crippen molar-refractivity contribution in [2.24, 2.45) is 0 Å². The van der Waals surface area contributed by atoms with Crippen LogP contribution in [0.2, 0.25) is 0 Å². The smallest absolute Gasteiger partial charge is 0.162 e. The number of hydrogen-bond acceptors (Lipinski definition) is 4. The lowest BCUT2D eigenvalue weighted by Crippen LogP contribution is -2.25. The number of aromatic nitrogens is 2. The minimum absolute atomic E-state index is 0.480. The summed E-state index contributed by atoms with van der Waals surface area (Å²) < 4.78 is 5.62. The summed E-state index contributed by atoms with van der Waals surface area (Å²) in [5.74, 6) is 1.18. The number of ether oxygens (including phenoxy) is 1. The van der Waals surface area contributed by atoms with Crippen molar-refractivity contribution >= 4 is 5.82 Å². The summed E-state index contributed by atoms with van der Waals surface area (Å²) in [5.41, 5.74) is 6.28. The van der Waals surface area contributed by atoms with Crippen LogP contribution in [0, 0.1) is 0 Å². The van der Waals surface area contributed by atoms with E-state index in [-0.39, 0.29) is 0 Å². The predicted molar refractivity (Wildman–Crippen MR) is 65.1 cm³/mol. The van der Waals surface area contributed by atoms with Gasteiger partial charge >= 0.3 is 0 Å². The van der Waals surface area contributed by atoms with Crippen LogP contribution in [-0.2, 0) is 16.8 Å². The lowest BCUT2D eigenvalue weighted by atomic mass is 10.1. The Bertz CT molecular complexity index is 350. The Hall–Kier alpha value is -1.16. The zero-order valence-electron chi connectivity index (χ0n) is 10.6. The fraction of sp³-hybridized carbons (Fsp3) is 0.667. The Balaban J connectivity index is 3.03. The molecular weight excluding hydrogens is 202 g/mol. The van der Waals surface area contributed by atoms with E-state index in [0.717, 1.165) is 18.5 Å². The Morgan fingerprint density at radius 3 is 2.56 bits per heavy atom. The minimum atomic E-state index is -0.480. The molecule has 16 heavy (non-hydrogen) atoms. The van der Waals surface area contributed by atoms with E-state index in [1.807, 2.05) is 26.8 Å². The van der Waals surface area contributed by atoms with Gasteiger partial charge in [-0.15, -0.1) is 0 Å². The quantitative estimate of drug-likeness (QED) is 0.832. The monoisotopic (exact) mass is 223 g/mol. The van der Waals surface area contributed by atoms with Crippen LogP contribution in [0.15, 0.2) is 6.07 Å². The fourth-order valence-electron chi connectivity index (χ4n) is 1.60. The largest absolute Gasteiger partial charge is 0.384 e. The molecule has 0 atom stereocenters. The van der Waals surface area contributed by atoms with E-state index >= 15 is 0 Å². The molecule has 0 saturated heterocycles. The van der Waals surface area contributed by atoms with Gasteiger partial charge in [-0.25, -0.2) is 9.97 Å². The number of nitrogens with two attached hydrogens (primary N) is 1. The average molecular weight is 223 g/mol. The van der Waals surface area contributed by atoms with Crippen LogP contribution >= 0.6 is 0 Å². The molecule has 0 aliphatic heterocycles. The standard InChI is InChI=1S/C12H21N3O/c1-5-7-9-8-10(13)15-11(14-9)12(3,4)16-6-2/h8H,5-7H2,1-4H3,(H2,13,14,15). The highest BCUT2D eigenvalue weighted by atomic mass is 16.5. The molecule has 0 aromatic carbocycles. The normalized spacial score (nSPS) is 11.8. The molecule has 0 fully saturated rings. The van der Waals surface area contributed by atoms with Crippen LogP contribution in [0.25, 0.3) is 0 Å². The van der Waals surface area contributed by atoms with Gasteiger partial charge < -0.3 is 10.5 Å². The zero-order valence-corrected chi connectivity index (χ0v) is 10.6. The van der Waals surface area contributed by atoms with Gasteiger partial charge in [-0.05, 0) is 27.2 Å². The maximum atomic E-state index is 5.78. The number of hydrogen-bond donors (Lipinski definition) is 1. The van der Waals surface area contributed by atoms with Crippen LogP contribution in [0.4, 0.5) is 5.82 Å². The van der Waals surface area contributed by atoms with Crippen molar-refractivity contribution in [3.8, 4) is 0 Å². The maximum absolute atomic E-state index is 5.78. The first-order valence-corrected chi connectivity index (χ1v) is 5.77. The molecule has 0 unspecified atom stereocenters. The van der Waals surface area contributed by atoms with Crippen molar-refractivity contribution in [3.05, 3.63) is 17.6 Å². The summed E-state index contributed by atoms with van der Waals surface area (Å²) in [4.78, 5) is 8.75. The van der Waals surface area contributed by atoms with E-state index < -0.39 is 5.60 Å². The van der Waals surface area contributed by atoms with Crippen molar-refractivity contribution in [1.29, 1.82) is 0 Å². The Labute approximate surface area is 97.2 Å². The highest BCUT2D eigenvalue weighted by Crippen LogP contribution is 2.22. The summed E-state index contributed by atoms with van der Waals surface area (Å²) >= 11 is 0. The van der Waals surface area contributed by atoms with Crippen molar-refractivity contribution in [2.75, 3.05) is 12.3 Å². The van der Waals surface area contributed by atoms with Gasteiger partial charge in [-0.2, -0.15) is 0 Å². The Morgan fingerprint density at radius 1 is 1.31 bits per heavy atom. The van der Waals surface area contributed by atoms with Crippen molar-refractivity contribution in [1.82, 2.24) is 9.97 Å². The van der Waals surface area contributed by atoms with Crippen LogP contribution in [0.5, 0.6) is 0 Å². The Morgan fingerprint density at radius 2 is 2.00 bits per heavy atom. The lowest BCUT2D eigenvalue weighted by Gasteiger charge is -2.23. The molecule has 1 heterocycles. The third kappa shape index (κ3) is 3.17. The molecule has 0 aliphatic carbocycles. The summed E-state index contributed by atoms with van der Waals surface area (Å²) in [7, 11) is 0. The zero-order chi connectivity index (χ0) is 12.2. The van der Waals surface area contributed by atoms with Gasteiger partial charge in [0.1, 0.15) is 11.4 Å². The van der Waals surface area contributed by atoms with E-state index in [9.17, 15) is 0 Å². The third-order valence-corrected chi connectivity index (χ3v) is 2.35. The van der Waals surface area contributed by atoms with Crippen LogP contribution in [0.1, 0.15) is 45.6 Å². The van der Waals surface area contributed by atoms with E-state index in [1.165, 1.54) is 0 Å². The average Bonchev–Trinajstić information content (AvgIpc) is 2.17. The molecule has 0 saturated carbocycles. The molecule has 90 valence electrons. The molecule has 0 aliphatic rings. The summed E-state index contributed by atoms with van der Waals surface area (Å²) in [6, 6.07) is 1.83. The van der Waals surface area contributed by atoms with Crippen molar-refractivity contribution in [3.63, 3.8) is 0 Å². The van der Waals surface area contributed by atoms with Crippen LogP contribution in [-0.4, -0.2) is 16.6 Å². The first-order valence-electron chi connectivity index (χ1n) is 5.77. The third-order valence-electron chi connectivity index (χ3n) is 2.35. The van der Waals surface area contributed by atoms with Gasteiger partial charge in [0.2, 0.25) is 0 Å². The van der Waals surface area contributed by atoms with Gasteiger partial charge in [-0.3, -0.25) is 0 Å². The van der Waals surface area contributed by atoms with E-state index in [4.69, 9.17) is 10.5 Å². The van der Waals surface area contributed by atoms with Gasteiger partial charge in [-0.1, -0.05) is 13.3 Å². The molecule has 1 aromatic heterocycles. The molecular formula is C12H21N3O. The predicted octanol–water partition coefficient (Wildman–Crippen LogP) is 2.28. The lowest BCUT2D eigenvalue weighted by molar-refractivity contribution is -0.0208. The highest BCUT2D eigenvalue weighted by Gasteiger charge is 2.24.